The van der Waals surface area contributed by atoms with Crippen LogP contribution < -0.4 is 9.64 Å². The second-order valence-corrected chi connectivity index (χ2v) is 7.67. The fraction of sp³-hybridized carbons (Fsp3) is 0.200. The highest BCUT2D eigenvalue weighted by atomic mass is 35.5. The van der Waals surface area contributed by atoms with Gasteiger partial charge in [-0.05, 0) is 62.4 Å². The Labute approximate surface area is 186 Å². The summed E-state index contributed by atoms with van der Waals surface area (Å²) in [7, 11) is 0. The van der Waals surface area contributed by atoms with Gasteiger partial charge in [0.25, 0.3) is 0 Å². The molecule has 0 saturated carbocycles. The number of nitrogens with zero attached hydrogens (tertiary/aromatic N) is 3. The molecule has 4 rings (SSSR count). The van der Waals surface area contributed by atoms with Crippen LogP contribution in [0, 0.1) is 0 Å². The molecule has 0 bridgehead atoms. The predicted molar refractivity (Wildman–Crippen MR) is 125 cm³/mol. The number of para-hydroxylation sites is 3. The summed E-state index contributed by atoms with van der Waals surface area (Å²) in [5, 5.41) is 0.651. The van der Waals surface area contributed by atoms with Crippen molar-refractivity contribution in [3.63, 3.8) is 0 Å². The van der Waals surface area contributed by atoms with Crippen LogP contribution in [0.15, 0.2) is 78.9 Å². The van der Waals surface area contributed by atoms with Gasteiger partial charge in [-0.25, -0.2) is 4.98 Å². The van der Waals surface area contributed by atoms with E-state index in [-0.39, 0.29) is 18.6 Å². The van der Waals surface area contributed by atoms with Gasteiger partial charge in [0.05, 0.1) is 11.0 Å². The first-order chi connectivity index (χ1) is 15.1. The molecule has 0 aliphatic heterocycles. The number of halogens is 1. The Morgan fingerprint density at radius 2 is 1.71 bits per heavy atom. The molecule has 158 valence electrons. The minimum absolute atomic E-state index is 0.00297. The van der Waals surface area contributed by atoms with Crippen LogP contribution in [0.2, 0.25) is 5.02 Å². The van der Waals surface area contributed by atoms with Crippen molar-refractivity contribution >= 4 is 34.2 Å². The average molecular weight is 434 g/mol. The molecule has 6 heteroatoms. The van der Waals surface area contributed by atoms with E-state index < -0.39 is 0 Å². The smallest absolute Gasteiger partial charge is 0.246 e. The van der Waals surface area contributed by atoms with Crippen molar-refractivity contribution in [3.8, 4) is 5.75 Å². The minimum Gasteiger partial charge on any atom is -0.483 e. The van der Waals surface area contributed by atoms with E-state index in [1.807, 2.05) is 85.1 Å². The highest BCUT2D eigenvalue weighted by Gasteiger charge is 2.22. The predicted octanol–water partition coefficient (Wildman–Crippen LogP) is 5.88. The third kappa shape index (κ3) is 4.57. The molecule has 0 radical (unpaired) electrons. The van der Waals surface area contributed by atoms with Gasteiger partial charge in [-0.3, -0.25) is 4.79 Å². The number of carbonyl (C=O) groups is 1. The summed E-state index contributed by atoms with van der Waals surface area (Å²) in [5.41, 5.74) is 2.62. The normalized spacial score (nSPS) is 12.0. The lowest BCUT2D eigenvalue weighted by Crippen LogP contribution is -2.34. The average Bonchev–Trinajstić information content (AvgIpc) is 3.15. The first-order valence-corrected chi connectivity index (χ1v) is 10.7. The van der Waals surface area contributed by atoms with Crippen LogP contribution in [0.3, 0.4) is 0 Å². The maximum absolute atomic E-state index is 13.3. The van der Waals surface area contributed by atoms with Crippen molar-refractivity contribution in [2.45, 2.75) is 26.5 Å². The third-order valence-electron chi connectivity index (χ3n) is 5.15. The van der Waals surface area contributed by atoms with Gasteiger partial charge in [-0.1, -0.05) is 41.9 Å². The van der Waals surface area contributed by atoms with E-state index in [0.717, 1.165) is 16.7 Å². The largest absolute Gasteiger partial charge is 0.483 e. The molecular formula is C25H24ClN3O2. The van der Waals surface area contributed by atoms with Crippen LogP contribution in [-0.4, -0.2) is 22.0 Å². The Hall–Kier alpha value is -3.31. The zero-order valence-electron chi connectivity index (χ0n) is 17.5. The molecule has 1 aromatic heterocycles. The molecule has 1 unspecified atom stereocenters. The summed E-state index contributed by atoms with van der Waals surface area (Å²) in [5.74, 6) is 1.40. The Morgan fingerprint density at radius 1 is 1.03 bits per heavy atom. The number of hydrogen-bond donors (Lipinski definition) is 0. The van der Waals surface area contributed by atoms with Crippen LogP contribution >= 0.6 is 11.6 Å². The zero-order valence-corrected chi connectivity index (χ0v) is 18.3. The van der Waals surface area contributed by atoms with Crippen LogP contribution in [0.5, 0.6) is 5.75 Å². The topological polar surface area (TPSA) is 47.4 Å². The van der Waals surface area contributed by atoms with E-state index in [0.29, 0.717) is 23.1 Å². The maximum Gasteiger partial charge on any atom is 0.246 e. The molecule has 1 amide bonds. The lowest BCUT2D eigenvalue weighted by Gasteiger charge is -2.23. The van der Waals surface area contributed by atoms with Crippen molar-refractivity contribution in [2.24, 2.45) is 0 Å². The van der Waals surface area contributed by atoms with Gasteiger partial charge in [-0.2, -0.15) is 0 Å². The summed E-state index contributed by atoms with van der Waals surface area (Å²) in [4.78, 5) is 19.8. The molecule has 4 aromatic rings. The highest BCUT2D eigenvalue weighted by molar-refractivity contribution is 6.30. The number of aromatic nitrogens is 2. The van der Waals surface area contributed by atoms with Gasteiger partial charge in [0.2, 0.25) is 5.91 Å². The van der Waals surface area contributed by atoms with Crippen molar-refractivity contribution in [1.29, 1.82) is 0 Å². The first-order valence-electron chi connectivity index (χ1n) is 10.3. The number of likely N-dealkylation sites (N-methyl/N-ethyl adjacent to an activating group) is 1. The van der Waals surface area contributed by atoms with Crippen LogP contribution in [-0.2, 0) is 11.3 Å². The molecule has 1 atom stereocenters. The molecular weight excluding hydrogens is 410 g/mol. The van der Waals surface area contributed by atoms with E-state index in [9.17, 15) is 4.79 Å². The number of benzene rings is 3. The highest BCUT2D eigenvalue weighted by Crippen LogP contribution is 2.26. The summed E-state index contributed by atoms with van der Waals surface area (Å²) < 4.78 is 8.06. The Bertz CT molecular complexity index is 1170. The third-order valence-corrected chi connectivity index (χ3v) is 5.40. The summed E-state index contributed by atoms with van der Waals surface area (Å²) >= 11 is 5.98. The van der Waals surface area contributed by atoms with Crippen molar-refractivity contribution in [1.82, 2.24) is 9.55 Å². The minimum atomic E-state index is -0.354. The molecule has 0 spiro atoms. The number of carbonyl (C=O) groups excluding carboxylic acids is 1. The molecule has 0 aliphatic carbocycles. The molecule has 31 heavy (non-hydrogen) atoms. The Kier molecular flexibility index (Phi) is 6.23. The van der Waals surface area contributed by atoms with Gasteiger partial charge < -0.3 is 14.2 Å². The standard InChI is InChI=1S/C25H24ClN3O2/c1-3-28(20-9-5-4-6-10-20)24(30)17-29-23-12-8-7-11-22(23)27-25(29)18(2)31-21-15-13-19(26)14-16-21/h4-16,18H,3,17H2,1-2H3. The molecule has 5 nitrogen and oxygen atoms in total. The molecule has 0 N–H and O–H groups in total. The lowest BCUT2D eigenvalue weighted by molar-refractivity contribution is -0.119. The van der Waals surface area contributed by atoms with Crippen LogP contribution in [0.1, 0.15) is 25.8 Å². The number of amides is 1. The first kappa shape index (κ1) is 20.9. The summed E-state index contributed by atoms with van der Waals surface area (Å²) in [6.07, 6.45) is -0.354. The number of hydrogen-bond acceptors (Lipinski definition) is 3. The molecule has 0 aliphatic rings. The van der Waals surface area contributed by atoms with Crippen LogP contribution in [0.4, 0.5) is 5.69 Å². The van der Waals surface area contributed by atoms with Gasteiger partial charge in [0, 0.05) is 17.3 Å². The number of anilines is 1. The monoisotopic (exact) mass is 433 g/mol. The van der Waals surface area contributed by atoms with E-state index >= 15 is 0 Å². The second kappa shape index (κ2) is 9.23. The summed E-state index contributed by atoms with van der Waals surface area (Å²) in [6, 6.07) is 24.8. The lowest BCUT2D eigenvalue weighted by atomic mass is 10.2. The number of fused-ring (bicyclic) bond motifs is 1. The molecule has 0 fully saturated rings. The number of rotatable bonds is 7. The van der Waals surface area contributed by atoms with Gasteiger partial charge in [-0.15, -0.1) is 0 Å². The quantitative estimate of drug-likeness (QED) is 0.365. The maximum atomic E-state index is 13.3. The second-order valence-electron chi connectivity index (χ2n) is 7.23. The van der Waals surface area contributed by atoms with E-state index in [1.54, 1.807) is 17.0 Å². The molecule has 3 aromatic carbocycles. The van der Waals surface area contributed by atoms with Crippen molar-refractivity contribution in [2.75, 3.05) is 11.4 Å². The Morgan fingerprint density at radius 3 is 2.42 bits per heavy atom. The van der Waals surface area contributed by atoms with Crippen molar-refractivity contribution < 1.29 is 9.53 Å². The Balaban J connectivity index is 1.66. The van der Waals surface area contributed by atoms with E-state index in [4.69, 9.17) is 21.3 Å². The fourth-order valence-corrected chi connectivity index (χ4v) is 3.80. The SMILES string of the molecule is CCN(C(=O)Cn1c(C(C)Oc2ccc(Cl)cc2)nc2ccccc21)c1ccccc1. The van der Waals surface area contributed by atoms with Gasteiger partial charge in [0.15, 0.2) is 11.9 Å². The summed E-state index contributed by atoms with van der Waals surface area (Å²) in [6.45, 7) is 4.67. The van der Waals surface area contributed by atoms with E-state index in [2.05, 4.69) is 0 Å². The fourth-order valence-electron chi connectivity index (χ4n) is 3.67. The van der Waals surface area contributed by atoms with Crippen molar-refractivity contribution in [3.05, 3.63) is 89.7 Å². The van der Waals surface area contributed by atoms with Crippen LogP contribution in [0.25, 0.3) is 11.0 Å². The van der Waals surface area contributed by atoms with Gasteiger partial charge in [0.1, 0.15) is 12.3 Å². The van der Waals surface area contributed by atoms with Gasteiger partial charge >= 0.3 is 0 Å². The number of ether oxygens (including phenoxy) is 1. The molecule has 1 heterocycles. The zero-order chi connectivity index (χ0) is 21.8. The molecule has 0 saturated heterocycles. The van der Waals surface area contributed by atoms with E-state index in [1.165, 1.54) is 0 Å². The number of imidazole rings is 1.